The molecule has 0 N–H and O–H groups in total. The molecule has 1 rings (SSSR count). The van der Waals surface area contributed by atoms with Gasteiger partial charge in [0.25, 0.3) is 0 Å². The fourth-order valence-corrected chi connectivity index (χ4v) is 4.11. The summed E-state index contributed by atoms with van der Waals surface area (Å²) in [4.78, 5) is 0. The van der Waals surface area contributed by atoms with Crippen molar-refractivity contribution in [2.45, 2.75) is 89.6 Å². The van der Waals surface area contributed by atoms with Gasteiger partial charge in [0.05, 0.1) is 0 Å². The Hall–Kier alpha value is 0.430. The van der Waals surface area contributed by atoms with E-state index in [0.717, 1.165) is 5.66 Å². The van der Waals surface area contributed by atoms with Gasteiger partial charge >= 0.3 is 0 Å². The zero-order chi connectivity index (χ0) is 11.5. The van der Waals surface area contributed by atoms with Crippen molar-refractivity contribution >= 4 is 8.58 Å². The molecule has 1 aliphatic carbocycles. The van der Waals surface area contributed by atoms with E-state index in [9.17, 15) is 0 Å². The Morgan fingerprint density at radius 1 is 0.812 bits per heavy atom. The summed E-state index contributed by atoms with van der Waals surface area (Å²) < 4.78 is 0. The molecule has 0 amide bonds. The van der Waals surface area contributed by atoms with Crippen LogP contribution in [0, 0.1) is 0 Å². The van der Waals surface area contributed by atoms with Crippen molar-refractivity contribution in [3.05, 3.63) is 0 Å². The first-order valence-electron chi connectivity index (χ1n) is 7.60. The average molecular weight is 241 g/mol. The number of hydrogen-bond donors (Lipinski definition) is 0. The molecule has 0 heterocycles. The fraction of sp³-hybridized carbons (Fsp3) is 1.00. The summed E-state index contributed by atoms with van der Waals surface area (Å²) >= 11 is 0. The normalized spacial score (nSPS) is 21.6. The summed E-state index contributed by atoms with van der Waals surface area (Å²) in [5.74, 6) is 0. The summed E-state index contributed by atoms with van der Waals surface area (Å²) in [6.45, 7) is 2.31. The summed E-state index contributed by atoms with van der Waals surface area (Å²) in [5, 5.41) is 0. The van der Waals surface area contributed by atoms with Crippen LogP contribution in [-0.2, 0) is 0 Å². The summed E-state index contributed by atoms with van der Waals surface area (Å²) in [6.07, 6.45) is 19.3. The molecule has 0 aromatic carbocycles. The van der Waals surface area contributed by atoms with Gasteiger partial charge in [-0.05, 0) is 31.1 Å². The maximum Gasteiger partial charge on any atom is -0.0170 e. The second-order valence-electron chi connectivity index (χ2n) is 5.32. The van der Waals surface area contributed by atoms with Crippen LogP contribution in [0.25, 0.3) is 0 Å². The molecule has 0 spiro atoms. The third-order valence-electron chi connectivity index (χ3n) is 3.72. The molecule has 1 aliphatic rings. The molecular formula is C15H30P. The van der Waals surface area contributed by atoms with Crippen LogP contribution in [0.5, 0.6) is 0 Å². The predicted molar refractivity (Wildman–Crippen MR) is 76.7 cm³/mol. The van der Waals surface area contributed by atoms with Crippen LogP contribution in [0.3, 0.4) is 0 Å². The molecule has 0 atom stereocenters. The third kappa shape index (κ3) is 7.66. The Kier molecular flexibility index (Phi) is 9.58. The van der Waals surface area contributed by atoms with E-state index in [4.69, 9.17) is 0 Å². The van der Waals surface area contributed by atoms with E-state index >= 15 is 0 Å². The van der Waals surface area contributed by atoms with E-state index in [1.54, 1.807) is 8.58 Å². The lowest BCUT2D eigenvalue weighted by Gasteiger charge is -2.17. The van der Waals surface area contributed by atoms with Gasteiger partial charge in [0, 0.05) is 0 Å². The van der Waals surface area contributed by atoms with Gasteiger partial charge in [-0.2, -0.15) is 0 Å². The van der Waals surface area contributed by atoms with E-state index in [-0.39, 0.29) is 0 Å². The van der Waals surface area contributed by atoms with E-state index in [1.807, 2.05) is 0 Å². The zero-order valence-corrected chi connectivity index (χ0v) is 12.1. The minimum atomic E-state index is 1.05. The number of rotatable bonds is 5. The SMILES string of the molecule is CCCCC[P]C1CCCCCCCCC1. The molecule has 95 valence electrons. The number of hydrogen-bond acceptors (Lipinski definition) is 0. The van der Waals surface area contributed by atoms with Crippen LogP contribution in [0.2, 0.25) is 0 Å². The minimum absolute atomic E-state index is 1.05. The third-order valence-corrected chi connectivity index (χ3v) is 5.33. The van der Waals surface area contributed by atoms with Gasteiger partial charge in [-0.3, -0.25) is 0 Å². The van der Waals surface area contributed by atoms with Crippen molar-refractivity contribution in [3.63, 3.8) is 0 Å². The van der Waals surface area contributed by atoms with Gasteiger partial charge in [0.2, 0.25) is 0 Å². The lowest BCUT2D eigenvalue weighted by Crippen LogP contribution is -2.03. The van der Waals surface area contributed by atoms with Crippen molar-refractivity contribution in [2.24, 2.45) is 0 Å². The Morgan fingerprint density at radius 3 is 1.94 bits per heavy atom. The smallest absolute Gasteiger partial charge is 0.0170 e. The number of unbranched alkanes of at least 4 members (excludes halogenated alkanes) is 2. The van der Waals surface area contributed by atoms with Crippen molar-refractivity contribution in [1.29, 1.82) is 0 Å². The molecule has 16 heavy (non-hydrogen) atoms. The van der Waals surface area contributed by atoms with Crippen LogP contribution >= 0.6 is 8.58 Å². The van der Waals surface area contributed by atoms with E-state index in [1.165, 1.54) is 83.2 Å². The van der Waals surface area contributed by atoms with Crippen molar-refractivity contribution in [3.8, 4) is 0 Å². The molecule has 0 saturated heterocycles. The van der Waals surface area contributed by atoms with Crippen LogP contribution < -0.4 is 0 Å². The van der Waals surface area contributed by atoms with Gasteiger partial charge in [0.1, 0.15) is 0 Å². The van der Waals surface area contributed by atoms with Crippen LogP contribution in [-0.4, -0.2) is 11.8 Å². The van der Waals surface area contributed by atoms with E-state index in [2.05, 4.69) is 6.92 Å². The van der Waals surface area contributed by atoms with Gasteiger partial charge in [0.15, 0.2) is 0 Å². The first-order valence-corrected chi connectivity index (χ1v) is 8.75. The van der Waals surface area contributed by atoms with E-state index < -0.39 is 0 Å². The molecular weight excluding hydrogens is 211 g/mol. The van der Waals surface area contributed by atoms with Gasteiger partial charge in [-0.15, -0.1) is 0 Å². The zero-order valence-electron chi connectivity index (χ0n) is 11.2. The molecule has 1 radical (unpaired) electrons. The Balaban J connectivity index is 2.09. The highest BCUT2D eigenvalue weighted by atomic mass is 31.1. The van der Waals surface area contributed by atoms with Crippen LogP contribution in [0.15, 0.2) is 0 Å². The molecule has 1 heteroatoms. The molecule has 0 aromatic heterocycles. The van der Waals surface area contributed by atoms with Crippen molar-refractivity contribution < 1.29 is 0 Å². The lowest BCUT2D eigenvalue weighted by atomic mass is 10.0. The Bertz CT molecular complexity index is 134. The quantitative estimate of drug-likeness (QED) is 0.408. The Morgan fingerprint density at radius 2 is 1.38 bits per heavy atom. The van der Waals surface area contributed by atoms with Gasteiger partial charge in [-0.1, -0.05) is 73.3 Å². The van der Waals surface area contributed by atoms with Crippen LogP contribution in [0.1, 0.15) is 84.0 Å². The summed E-state index contributed by atoms with van der Waals surface area (Å²) in [7, 11) is 1.78. The molecule has 0 bridgehead atoms. The van der Waals surface area contributed by atoms with Crippen LogP contribution in [0.4, 0.5) is 0 Å². The highest BCUT2D eigenvalue weighted by Gasteiger charge is 2.10. The van der Waals surface area contributed by atoms with Crippen molar-refractivity contribution in [2.75, 3.05) is 6.16 Å². The van der Waals surface area contributed by atoms with Gasteiger partial charge < -0.3 is 0 Å². The molecule has 1 saturated carbocycles. The maximum absolute atomic E-state index is 2.31. The molecule has 0 unspecified atom stereocenters. The first-order chi connectivity index (χ1) is 7.93. The highest BCUT2D eigenvalue weighted by molar-refractivity contribution is 7.38. The maximum atomic E-state index is 2.31. The van der Waals surface area contributed by atoms with Gasteiger partial charge in [-0.25, -0.2) is 0 Å². The second-order valence-corrected chi connectivity index (χ2v) is 6.86. The van der Waals surface area contributed by atoms with Crippen molar-refractivity contribution in [1.82, 2.24) is 0 Å². The Labute approximate surface area is 105 Å². The molecule has 0 aliphatic heterocycles. The second kappa shape index (κ2) is 10.6. The molecule has 0 aromatic rings. The summed E-state index contributed by atoms with van der Waals surface area (Å²) in [5.41, 5.74) is 1.05. The van der Waals surface area contributed by atoms with E-state index in [0.29, 0.717) is 0 Å². The largest absolute Gasteiger partial charge is 0.0775 e. The fourth-order valence-electron chi connectivity index (χ4n) is 2.61. The topological polar surface area (TPSA) is 0 Å². The highest BCUT2D eigenvalue weighted by Crippen LogP contribution is 2.31. The predicted octanol–water partition coefficient (Wildman–Crippen LogP) is 6.02. The molecule has 0 nitrogen and oxygen atoms in total. The molecule has 1 fully saturated rings. The minimum Gasteiger partial charge on any atom is -0.0775 e. The average Bonchev–Trinajstić information content (AvgIpc) is 2.32. The standard InChI is InChI=1S/C15H30P/c1-2-3-11-14-16-15-12-9-7-5-4-6-8-10-13-15/h15H,2-14H2,1H3. The first kappa shape index (κ1) is 14.5. The summed E-state index contributed by atoms with van der Waals surface area (Å²) in [6, 6.07) is 0. The lowest BCUT2D eigenvalue weighted by molar-refractivity contribution is 0.509. The monoisotopic (exact) mass is 241 g/mol.